The smallest absolute Gasteiger partial charge is 0.0540 e. The Morgan fingerprint density at radius 3 is 1.30 bits per heavy atom. The van der Waals surface area contributed by atoms with Gasteiger partial charge in [0, 0.05) is 59.6 Å². The highest BCUT2D eigenvalue weighted by Gasteiger charge is 2.21. The van der Waals surface area contributed by atoms with Crippen molar-refractivity contribution in [1.82, 2.24) is 0 Å². The van der Waals surface area contributed by atoms with Gasteiger partial charge in [0.1, 0.15) is 0 Å². The third-order valence-corrected chi connectivity index (χ3v) is 14.7. The van der Waals surface area contributed by atoms with E-state index >= 15 is 0 Å². The van der Waals surface area contributed by atoms with Crippen molar-refractivity contribution in [3.05, 3.63) is 255 Å². The van der Waals surface area contributed by atoms with Crippen molar-refractivity contribution in [2.45, 2.75) is 0 Å². The zero-order valence-electron chi connectivity index (χ0n) is 36.6. The molecule has 0 bridgehead atoms. The molecule has 0 N–H and O–H groups in total. The van der Waals surface area contributed by atoms with Crippen molar-refractivity contribution in [2.75, 3.05) is 9.80 Å². The summed E-state index contributed by atoms with van der Waals surface area (Å²) in [5.74, 6) is 0. The minimum absolute atomic E-state index is 1.09. The van der Waals surface area contributed by atoms with Crippen LogP contribution in [0, 0.1) is 0 Å². The van der Waals surface area contributed by atoms with Crippen LogP contribution in [0.2, 0.25) is 0 Å². The molecular formula is C64H42N2S. The molecule has 0 saturated carbocycles. The fraction of sp³-hybridized carbons (Fsp3) is 0. The van der Waals surface area contributed by atoms with Gasteiger partial charge in [0.2, 0.25) is 0 Å². The van der Waals surface area contributed by atoms with E-state index in [9.17, 15) is 0 Å². The largest absolute Gasteiger partial charge is 0.311 e. The number of hydrogen-bond donors (Lipinski definition) is 0. The molecule has 0 spiro atoms. The highest BCUT2D eigenvalue weighted by atomic mass is 32.1. The maximum absolute atomic E-state index is 2.46. The van der Waals surface area contributed by atoms with Crippen LogP contribution in [0.25, 0.3) is 85.5 Å². The van der Waals surface area contributed by atoms with Gasteiger partial charge in [-0.05, 0) is 127 Å². The van der Waals surface area contributed by atoms with Gasteiger partial charge in [-0.2, -0.15) is 0 Å². The Labute approximate surface area is 393 Å². The summed E-state index contributed by atoms with van der Waals surface area (Å²) in [6.07, 6.45) is 0. The predicted octanol–water partition coefficient (Wildman–Crippen LogP) is 18.9. The number of rotatable bonds is 8. The lowest BCUT2D eigenvalue weighted by Gasteiger charge is -2.28. The van der Waals surface area contributed by atoms with Crippen LogP contribution in [0.1, 0.15) is 0 Å². The summed E-state index contributed by atoms with van der Waals surface area (Å²) in [6.45, 7) is 0. The number of anilines is 6. The third-order valence-electron chi connectivity index (χ3n) is 13.4. The topological polar surface area (TPSA) is 6.48 Å². The molecule has 1 heterocycles. The van der Waals surface area contributed by atoms with Crippen LogP contribution in [0.15, 0.2) is 255 Å². The normalized spacial score (nSPS) is 11.6. The van der Waals surface area contributed by atoms with E-state index < -0.39 is 0 Å². The molecule has 2 nitrogen and oxygen atoms in total. The minimum atomic E-state index is 1.09. The number of fused-ring (bicyclic) bond motifs is 10. The average Bonchev–Trinajstić information content (AvgIpc) is 3.79. The van der Waals surface area contributed by atoms with Crippen molar-refractivity contribution < 1.29 is 0 Å². The maximum atomic E-state index is 2.46. The molecule has 13 rings (SSSR count). The first-order valence-corrected chi connectivity index (χ1v) is 23.7. The number of nitrogens with zero attached hydrogens (tertiary/aromatic N) is 2. The molecule has 0 saturated heterocycles. The van der Waals surface area contributed by atoms with E-state index in [2.05, 4.69) is 265 Å². The highest BCUT2D eigenvalue weighted by Crippen LogP contribution is 2.47. The van der Waals surface area contributed by atoms with Crippen LogP contribution in [0.3, 0.4) is 0 Å². The molecule has 314 valence electrons. The molecule has 0 fully saturated rings. The van der Waals surface area contributed by atoms with E-state index in [4.69, 9.17) is 0 Å². The summed E-state index contributed by atoms with van der Waals surface area (Å²) >= 11 is 1.89. The molecule has 0 radical (unpaired) electrons. The van der Waals surface area contributed by atoms with Crippen molar-refractivity contribution in [1.29, 1.82) is 0 Å². The Kier molecular flexibility index (Phi) is 9.40. The monoisotopic (exact) mass is 870 g/mol. The summed E-state index contributed by atoms with van der Waals surface area (Å²) < 4.78 is 2.64. The molecule has 0 aliphatic rings. The van der Waals surface area contributed by atoms with E-state index in [1.165, 1.54) is 74.4 Å². The Morgan fingerprint density at radius 1 is 0.239 bits per heavy atom. The Balaban J connectivity index is 0.963. The molecule has 12 aromatic carbocycles. The number of para-hydroxylation sites is 2. The second-order valence-electron chi connectivity index (χ2n) is 17.2. The highest BCUT2D eigenvalue weighted by molar-refractivity contribution is 7.26. The van der Waals surface area contributed by atoms with Crippen LogP contribution in [0.4, 0.5) is 34.1 Å². The molecule has 1 aromatic heterocycles. The van der Waals surface area contributed by atoms with Gasteiger partial charge < -0.3 is 9.80 Å². The summed E-state index contributed by atoms with van der Waals surface area (Å²) in [6, 6.07) is 93.1. The van der Waals surface area contributed by atoms with Crippen molar-refractivity contribution in [3.8, 4) is 22.3 Å². The Morgan fingerprint density at radius 2 is 0.687 bits per heavy atom. The summed E-state index contributed by atoms with van der Waals surface area (Å²) in [5, 5.41) is 12.6. The molecular weight excluding hydrogens is 829 g/mol. The van der Waals surface area contributed by atoms with Gasteiger partial charge in [0.05, 0.1) is 5.69 Å². The summed E-state index contributed by atoms with van der Waals surface area (Å²) in [7, 11) is 0. The van der Waals surface area contributed by atoms with Gasteiger partial charge in [-0.1, -0.05) is 182 Å². The van der Waals surface area contributed by atoms with Crippen molar-refractivity contribution in [3.63, 3.8) is 0 Å². The molecule has 0 atom stereocenters. The molecule has 3 heteroatoms. The van der Waals surface area contributed by atoms with E-state index in [1.54, 1.807) is 0 Å². The Bertz CT molecular complexity index is 3890. The van der Waals surface area contributed by atoms with Crippen LogP contribution < -0.4 is 9.80 Å². The lowest BCUT2D eigenvalue weighted by molar-refractivity contribution is 1.28. The second-order valence-corrected chi connectivity index (χ2v) is 18.3. The van der Waals surface area contributed by atoms with Crippen molar-refractivity contribution >= 4 is 109 Å². The zero-order chi connectivity index (χ0) is 44.3. The van der Waals surface area contributed by atoms with Crippen LogP contribution in [0.5, 0.6) is 0 Å². The van der Waals surface area contributed by atoms with Gasteiger partial charge in [-0.25, -0.2) is 0 Å². The SMILES string of the molecule is c1ccc(N(c2ccccc2)c2ccc(-c3ccc(N(c4ccc5c6ccccc6c6ccccc6c5c4)c4ccc(-c5cccc6c5sc5ccccc56)c5ccccc45)cc3)cc2)cc1. The van der Waals surface area contributed by atoms with E-state index in [0.717, 1.165) is 45.3 Å². The number of thiophene rings is 1. The zero-order valence-corrected chi connectivity index (χ0v) is 37.4. The molecule has 0 aliphatic heterocycles. The number of benzene rings is 12. The first-order chi connectivity index (χ1) is 33.2. The lowest BCUT2D eigenvalue weighted by atomic mass is 9.93. The molecule has 0 aliphatic carbocycles. The second kappa shape index (κ2) is 16.2. The van der Waals surface area contributed by atoms with Crippen LogP contribution in [-0.4, -0.2) is 0 Å². The fourth-order valence-corrected chi connectivity index (χ4v) is 11.6. The first kappa shape index (κ1) is 38.9. The van der Waals surface area contributed by atoms with E-state index in [0.29, 0.717) is 0 Å². The quantitative estimate of drug-likeness (QED) is 0.140. The molecule has 67 heavy (non-hydrogen) atoms. The van der Waals surface area contributed by atoms with Gasteiger partial charge in [0.15, 0.2) is 0 Å². The molecule has 13 aromatic rings. The number of hydrogen-bond acceptors (Lipinski definition) is 3. The summed E-state index contributed by atoms with van der Waals surface area (Å²) in [4.78, 5) is 4.76. The minimum Gasteiger partial charge on any atom is -0.311 e. The average molecular weight is 871 g/mol. The van der Waals surface area contributed by atoms with Crippen molar-refractivity contribution in [2.24, 2.45) is 0 Å². The first-order valence-electron chi connectivity index (χ1n) is 22.9. The summed E-state index contributed by atoms with van der Waals surface area (Å²) in [5.41, 5.74) is 11.5. The van der Waals surface area contributed by atoms with E-state index in [-0.39, 0.29) is 0 Å². The van der Waals surface area contributed by atoms with Crippen LogP contribution >= 0.6 is 11.3 Å². The van der Waals surface area contributed by atoms with Gasteiger partial charge in [-0.3, -0.25) is 0 Å². The fourth-order valence-electron chi connectivity index (χ4n) is 10.3. The van der Waals surface area contributed by atoms with Crippen LogP contribution in [-0.2, 0) is 0 Å². The lowest BCUT2D eigenvalue weighted by Crippen LogP contribution is -2.11. The standard InChI is InChI=1S/C64H42N2S/c1-3-16-45(17-4-1)65(46-18-5-2-6-19-46)47-34-30-43(31-35-47)44-32-36-48(37-33-44)66(49-38-39-56-52-22-8-7-20-50(52)51-21-9-10-24-54(51)61(56)42-49)62-41-40-55(53-23-11-12-25-57(53)62)59-27-15-28-60-58-26-13-14-29-63(58)67-64(59)60/h1-42H. The maximum Gasteiger partial charge on any atom is 0.0540 e. The van der Waals surface area contributed by atoms with Gasteiger partial charge in [-0.15, -0.1) is 11.3 Å². The molecule has 0 amide bonds. The van der Waals surface area contributed by atoms with Gasteiger partial charge >= 0.3 is 0 Å². The Hall–Kier alpha value is -8.50. The molecule has 0 unspecified atom stereocenters. The predicted molar refractivity (Wildman–Crippen MR) is 290 cm³/mol. The van der Waals surface area contributed by atoms with Gasteiger partial charge in [0.25, 0.3) is 0 Å². The van der Waals surface area contributed by atoms with E-state index in [1.807, 2.05) is 11.3 Å². The third kappa shape index (κ3) is 6.63.